The fourth-order valence-electron chi connectivity index (χ4n) is 3.09. The van der Waals surface area contributed by atoms with Gasteiger partial charge in [0.05, 0.1) is 12.2 Å². The summed E-state index contributed by atoms with van der Waals surface area (Å²) in [4.78, 5) is 9.23. The molecule has 0 saturated carbocycles. The van der Waals surface area contributed by atoms with E-state index in [2.05, 4.69) is 72.3 Å². The molecule has 0 saturated heterocycles. The normalized spacial score (nSPS) is 12.0. The zero-order chi connectivity index (χ0) is 20.7. The molecule has 0 unspecified atom stereocenters. The van der Waals surface area contributed by atoms with Crippen molar-refractivity contribution in [3.05, 3.63) is 53.5 Å². The number of benzene rings is 1. The van der Waals surface area contributed by atoms with Crippen LogP contribution in [-0.4, -0.2) is 28.0 Å². The summed E-state index contributed by atoms with van der Waals surface area (Å²) in [6, 6.07) is 10.7. The maximum absolute atomic E-state index is 8.29. The second kappa shape index (κ2) is 10.1. The van der Waals surface area contributed by atoms with Crippen LogP contribution in [0, 0.1) is 12.8 Å². The van der Waals surface area contributed by atoms with Gasteiger partial charge in [-0.1, -0.05) is 58.0 Å². The van der Waals surface area contributed by atoms with E-state index in [9.17, 15) is 0 Å². The van der Waals surface area contributed by atoms with Crippen LogP contribution in [0.25, 0.3) is 5.65 Å². The van der Waals surface area contributed by atoms with Gasteiger partial charge >= 0.3 is 11.6 Å². The topological polar surface area (TPSA) is 89.2 Å². The highest BCUT2D eigenvalue weighted by molar-refractivity contribution is 7.51. The van der Waals surface area contributed by atoms with Gasteiger partial charge in [-0.25, -0.2) is 4.98 Å². The molecular formula is C20H27N5O2S. The lowest BCUT2D eigenvalue weighted by Gasteiger charge is -2.22. The first-order valence-electron chi connectivity index (χ1n) is 9.32. The lowest BCUT2D eigenvalue weighted by atomic mass is 9.97. The monoisotopic (exact) mass is 401 g/mol. The molecule has 0 aliphatic rings. The van der Waals surface area contributed by atoms with Gasteiger partial charge in [-0.2, -0.15) is 23.0 Å². The largest absolute Gasteiger partial charge is 0.347 e. The van der Waals surface area contributed by atoms with Crippen molar-refractivity contribution in [3.8, 4) is 0 Å². The second-order valence-corrected chi connectivity index (χ2v) is 7.53. The molecule has 28 heavy (non-hydrogen) atoms. The summed E-state index contributed by atoms with van der Waals surface area (Å²) in [6.07, 6.45) is 2.92. The van der Waals surface area contributed by atoms with Gasteiger partial charge in [0.15, 0.2) is 5.65 Å². The van der Waals surface area contributed by atoms with E-state index in [1.165, 1.54) is 5.56 Å². The summed E-state index contributed by atoms with van der Waals surface area (Å²) >= 11 is -0.750. The molecule has 0 aliphatic carbocycles. The van der Waals surface area contributed by atoms with Crippen LogP contribution in [0.5, 0.6) is 0 Å². The third kappa shape index (κ3) is 5.45. The lowest BCUT2D eigenvalue weighted by Crippen LogP contribution is -2.17. The summed E-state index contributed by atoms with van der Waals surface area (Å²) in [5.74, 6) is 2.46. The van der Waals surface area contributed by atoms with E-state index in [1.807, 2.05) is 23.7 Å². The van der Waals surface area contributed by atoms with Crippen molar-refractivity contribution in [3.63, 3.8) is 0 Å². The second-order valence-electron chi connectivity index (χ2n) is 7.39. The molecule has 7 nitrogen and oxygen atoms in total. The maximum Gasteiger partial charge on any atom is 0.335 e. The van der Waals surface area contributed by atoms with E-state index in [0.717, 1.165) is 29.4 Å². The minimum Gasteiger partial charge on any atom is -0.347 e. The Bertz CT molecular complexity index is 934. The smallest absolute Gasteiger partial charge is 0.335 e. The number of hydrogen-bond acceptors (Lipinski definition) is 6. The zero-order valence-electron chi connectivity index (χ0n) is 16.9. The highest BCUT2D eigenvalue weighted by Gasteiger charge is 2.18. The summed E-state index contributed by atoms with van der Waals surface area (Å²) in [5, 5.41) is 8.15. The Morgan fingerprint density at radius 2 is 1.71 bits per heavy atom. The van der Waals surface area contributed by atoms with Crippen molar-refractivity contribution in [1.82, 2.24) is 19.6 Å². The number of anilines is 1. The van der Waals surface area contributed by atoms with Gasteiger partial charge in [-0.05, 0) is 30.7 Å². The highest BCUT2D eigenvalue weighted by Crippen LogP contribution is 2.27. The van der Waals surface area contributed by atoms with Crippen LogP contribution in [-0.2, 0) is 11.6 Å². The summed E-state index contributed by atoms with van der Waals surface area (Å²) < 4.78 is 18.4. The third-order valence-electron chi connectivity index (χ3n) is 4.34. The number of nitrogens with one attached hydrogen (secondary N) is 1. The molecule has 0 bridgehead atoms. The Morgan fingerprint density at radius 1 is 1.07 bits per heavy atom. The van der Waals surface area contributed by atoms with E-state index in [1.54, 1.807) is 0 Å². The molecule has 150 valence electrons. The molecule has 3 rings (SSSR count). The molecule has 0 radical (unpaired) electrons. The van der Waals surface area contributed by atoms with Gasteiger partial charge < -0.3 is 5.32 Å². The van der Waals surface area contributed by atoms with Crippen LogP contribution in [0.15, 0.2) is 36.5 Å². The Hall–Kier alpha value is -2.61. The lowest BCUT2D eigenvalue weighted by molar-refractivity contribution is 0.527. The molecular weight excluding hydrogens is 374 g/mol. The standard InChI is InChI=1S/C20H27N5.O2S/c1-13(2)11-18(16-9-7-6-8-10-16)24-20-23-15(5)22-19-17(14(3)4)12-21-25(19)20;1-3-2/h6-10,12-14,18H,11H2,1-5H3,(H,22,23,24);/t18-;/m0./s1. The molecule has 2 heterocycles. The third-order valence-corrected chi connectivity index (χ3v) is 4.34. The van der Waals surface area contributed by atoms with E-state index in [4.69, 9.17) is 8.42 Å². The summed E-state index contributed by atoms with van der Waals surface area (Å²) in [7, 11) is 0. The van der Waals surface area contributed by atoms with Crippen molar-refractivity contribution in [2.75, 3.05) is 5.32 Å². The van der Waals surface area contributed by atoms with Gasteiger partial charge in [-0.15, -0.1) is 0 Å². The quantitative estimate of drug-likeness (QED) is 0.669. The summed E-state index contributed by atoms with van der Waals surface area (Å²) in [6.45, 7) is 10.7. The van der Waals surface area contributed by atoms with Crippen molar-refractivity contribution in [2.45, 2.75) is 53.0 Å². The van der Waals surface area contributed by atoms with Crippen LogP contribution >= 0.6 is 0 Å². The SMILES string of the molecule is Cc1nc(N[C@@H](CC(C)C)c2ccccc2)n2ncc(C(C)C)c2n1.O=S=O. The Labute approximate surface area is 169 Å². The minimum atomic E-state index is -0.750. The summed E-state index contributed by atoms with van der Waals surface area (Å²) in [5.41, 5.74) is 3.30. The van der Waals surface area contributed by atoms with Crippen molar-refractivity contribution < 1.29 is 8.42 Å². The molecule has 0 fully saturated rings. The van der Waals surface area contributed by atoms with E-state index in [0.29, 0.717) is 11.8 Å². The number of rotatable bonds is 6. The van der Waals surface area contributed by atoms with E-state index >= 15 is 0 Å². The molecule has 2 aromatic heterocycles. The van der Waals surface area contributed by atoms with Crippen LogP contribution in [0.3, 0.4) is 0 Å². The minimum absolute atomic E-state index is 0.186. The molecule has 3 aromatic rings. The molecule has 8 heteroatoms. The first-order chi connectivity index (χ1) is 13.4. The van der Waals surface area contributed by atoms with Gasteiger partial charge in [0.2, 0.25) is 5.95 Å². The number of aryl methyl sites for hydroxylation is 1. The average molecular weight is 402 g/mol. The van der Waals surface area contributed by atoms with E-state index in [-0.39, 0.29) is 6.04 Å². The van der Waals surface area contributed by atoms with Crippen LogP contribution < -0.4 is 5.32 Å². The molecule has 0 amide bonds. The fraction of sp³-hybridized carbons (Fsp3) is 0.450. The van der Waals surface area contributed by atoms with Gasteiger partial charge in [0.25, 0.3) is 0 Å². The number of aromatic nitrogens is 4. The van der Waals surface area contributed by atoms with Gasteiger partial charge in [0.1, 0.15) is 5.82 Å². The molecule has 1 atom stereocenters. The zero-order valence-corrected chi connectivity index (χ0v) is 17.7. The average Bonchev–Trinajstić information content (AvgIpc) is 3.06. The molecule has 0 spiro atoms. The predicted molar refractivity (Wildman–Crippen MR) is 111 cm³/mol. The maximum atomic E-state index is 8.29. The number of fused-ring (bicyclic) bond motifs is 1. The van der Waals surface area contributed by atoms with Crippen LogP contribution in [0.4, 0.5) is 5.95 Å². The van der Waals surface area contributed by atoms with Gasteiger partial charge in [0, 0.05) is 5.56 Å². The van der Waals surface area contributed by atoms with Crippen LogP contribution in [0.2, 0.25) is 0 Å². The van der Waals surface area contributed by atoms with Crippen molar-refractivity contribution in [1.29, 1.82) is 0 Å². The first kappa shape index (κ1) is 21.7. The number of nitrogens with zero attached hydrogens (tertiary/aromatic N) is 4. The fourth-order valence-corrected chi connectivity index (χ4v) is 3.09. The highest BCUT2D eigenvalue weighted by atomic mass is 32.1. The van der Waals surface area contributed by atoms with Crippen molar-refractivity contribution >= 4 is 23.2 Å². The molecule has 1 aromatic carbocycles. The molecule has 0 aliphatic heterocycles. The van der Waals surface area contributed by atoms with Crippen LogP contribution in [0.1, 0.15) is 63.0 Å². The predicted octanol–water partition coefficient (Wildman–Crippen LogP) is 4.09. The Balaban J connectivity index is 0.000000878. The molecule has 1 N–H and O–H groups in total. The Morgan fingerprint density at radius 3 is 2.29 bits per heavy atom. The van der Waals surface area contributed by atoms with Gasteiger partial charge in [-0.3, -0.25) is 0 Å². The number of hydrogen-bond donors (Lipinski definition) is 1. The van der Waals surface area contributed by atoms with E-state index < -0.39 is 11.6 Å². The Kier molecular flexibility index (Phi) is 7.80. The first-order valence-corrected chi connectivity index (χ1v) is 9.99. The van der Waals surface area contributed by atoms with Crippen molar-refractivity contribution in [2.24, 2.45) is 5.92 Å².